The number of anilines is 1. The number of sulfonamides is 1. The number of rotatable bonds is 5. The smallest absolute Gasteiger partial charge is 0.243 e. The minimum absolute atomic E-state index is 0.0947. The Bertz CT molecular complexity index is 996. The molecule has 0 aliphatic carbocycles. The fourth-order valence-corrected chi connectivity index (χ4v) is 5.96. The van der Waals surface area contributed by atoms with Gasteiger partial charge in [-0.25, -0.2) is 18.4 Å². The van der Waals surface area contributed by atoms with Crippen molar-refractivity contribution in [3.8, 4) is 0 Å². The molecule has 10 heteroatoms. The van der Waals surface area contributed by atoms with Crippen molar-refractivity contribution in [2.45, 2.75) is 30.9 Å². The highest BCUT2D eigenvalue weighted by Crippen LogP contribution is 2.25. The first-order valence-corrected chi connectivity index (χ1v) is 12.8. The van der Waals surface area contributed by atoms with E-state index in [1.54, 1.807) is 30.5 Å². The second-order valence-electron chi connectivity index (χ2n) is 8.19. The van der Waals surface area contributed by atoms with Gasteiger partial charge in [-0.05, 0) is 56.0 Å². The molecule has 3 heterocycles. The zero-order chi connectivity index (χ0) is 22.0. The second-order valence-corrected chi connectivity index (χ2v) is 11.0. The lowest BCUT2D eigenvalue weighted by molar-refractivity contribution is -0.0442. The maximum Gasteiger partial charge on any atom is 0.243 e. The summed E-state index contributed by atoms with van der Waals surface area (Å²) in [5, 5.41) is 10.7. The average Bonchev–Trinajstić information content (AvgIpc) is 2.76. The van der Waals surface area contributed by atoms with Crippen LogP contribution < -0.4 is 4.90 Å². The number of piperidine rings is 1. The van der Waals surface area contributed by atoms with Gasteiger partial charge in [0.25, 0.3) is 0 Å². The highest BCUT2D eigenvalue weighted by molar-refractivity contribution is 9.10. The van der Waals surface area contributed by atoms with Crippen LogP contribution in [0, 0.1) is 12.8 Å². The van der Waals surface area contributed by atoms with Crippen molar-refractivity contribution in [1.82, 2.24) is 19.2 Å². The lowest BCUT2D eigenvalue weighted by Crippen LogP contribution is -2.56. The summed E-state index contributed by atoms with van der Waals surface area (Å²) >= 11 is 3.33. The predicted octanol–water partition coefficient (Wildman–Crippen LogP) is 2.09. The van der Waals surface area contributed by atoms with E-state index in [0.717, 1.165) is 48.6 Å². The monoisotopic (exact) mass is 509 g/mol. The summed E-state index contributed by atoms with van der Waals surface area (Å²) in [6.07, 6.45) is 3.05. The Morgan fingerprint density at radius 3 is 2.45 bits per heavy atom. The van der Waals surface area contributed by atoms with Crippen LogP contribution in [-0.2, 0) is 10.0 Å². The third-order valence-electron chi connectivity index (χ3n) is 6.07. The van der Waals surface area contributed by atoms with Crippen molar-refractivity contribution in [3.05, 3.63) is 46.8 Å². The molecule has 2 aliphatic heterocycles. The zero-order valence-electron chi connectivity index (χ0n) is 17.6. The molecule has 1 atom stereocenters. The lowest BCUT2D eigenvalue weighted by atomic mass is 9.96. The summed E-state index contributed by atoms with van der Waals surface area (Å²) in [7, 11) is -3.60. The number of aryl methyl sites for hydroxylation is 1. The number of hydrogen-bond acceptors (Lipinski definition) is 7. The van der Waals surface area contributed by atoms with E-state index in [1.807, 2.05) is 17.9 Å². The van der Waals surface area contributed by atoms with Gasteiger partial charge in [0.05, 0.1) is 11.4 Å². The topological polar surface area (TPSA) is 89.9 Å². The first-order valence-electron chi connectivity index (χ1n) is 10.6. The molecule has 2 aromatic rings. The number of aliphatic hydroxyl groups excluding tert-OH is 1. The molecule has 168 valence electrons. The molecule has 1 aromatic carbocycles. The van der Waals surface area contributed by atoms with Gasteiger partial charge in [-0.1, -0.05) is 15.9 Å². The quantitative estimate of drug-likeness (QED) is 0.659. The van der Waals surface area contributed by atoms with Gasteiger partial charge in [0.1, 0.15) is 17.9 Å². The van der Waals surface area contributed by atoms with Gasteiger partial charge in [-0.3, -0.25) is 4.90 Å². The summed E-state index contributed by atoms with van der Waals surface area (Å²) in [4.78, 5) is 13.2. The average molecular weight is 510 g/mol. The number of β-amino-alcohol motifs (C(OH)–C–C–N with tert-alkyl or cyclic N) is 1. The van der Waals surface area contributed by atoms with Crippen LogP contribution in [-0.4, -0.2) is 78.2 Å². The number of halogens is 1. The van der Waals surface area contributed by atoms with Crippen LogP contribution in [0.25, 0.3) is 0 Å². The van der Waals surface area contributed by atoms with Crippen LogP contribution >= 0.6 is 15.9 Å². The second kappa shape index (κ2) is 9.50. The number of aliphatic hydroxyl groups is 1. The number of piperazine rings is 1. The molecule has 8 nitrogen and oxygen atoms in total. The molecule has 4 rings (SSSR count). The fraction of sp³-hybridized carbons (Fsp3) is 0.524. The SMILES string of the molecule is Cc1nccc(N2CCC(CN3CCN(S(=O)(=O)c4ccc(Br)cc4)CC3O)CC2)n1. The maximum atomic E-state index is 12.9. The van der Waals surface area contributed by atoms with Crippen molar-refractivity contribution in [1.29, 1.82) is 0 Å². The summed E-state index contributed by atoms with van der Waals surface area (Å²) in [6, 6.07) is 8.56. The number of nitrogens with zero attached hydrogens (tertiary/aromatic N) is 5. The van der Waals surface area contributed by atoms with E-state index in [1.165, 1.54) is 4.31 Å². The third kappa shape index (κ3) is 5.25. The van der Waals surface area contributed by atoms with E-state index in [2.05, 4.69) is 30.8 Å². The molecule has 0 spiro atoms. The standard InChI is InChI=1S/C21H28BrN5O3S/c1-16-23-9-6-20(24-16)25-10-7-17(8-11-25)14-26-12-13-27(15-21(26)28)31(29,30)19-4-2-18(22)3-5-19/h2-6,9,17,21,28H,7-8,10-15H2,1H3. The molecule has 2 fully saturated rings. The maximum absolute atomic E-state index is 12.9. The predicted molar refractivity (Wildman–Crippen MR) is 122 cm³/mol. The first-order chi connectivity index (χ1) is 14.8. The van der Waals surface area contributed by atoms with Crippen molar-refractivity contribution in [3.63, 3.8) is 0 Å². The fourth-order valence-electron chi connectivity index (χ4n) is 4.26. The normalized spacial score (nSPS) is 22.0. The van der Waals surface area contributed by atoms with Crippen molar-refractivity contribution < 1.29 is 13.5 Å². The molecule has 0 saturated carbocycles. The van der Waals surface area contributed by atoms with Gasteiger partial charge < -0.3 is 10.0 Å². The Hall–Kier alpha value is -1.59. The van der Waals surface area contributed by atoms with E-state index < -0.39 is 16.3 Å². The van der Waals surface area contributed by atoms with Gasteiger partial charge in [0.15, 0.2) is 0 Å². The summed E-state index contributed by atoms with van der Waals surface area (Å²) in [6.45, 7) is 5.54. The number of hydrogen-bond donors (Lipinski definition) is 1. The Balaban J connectivity index is 1.30. The van der Waals surface area contributed by atoms with Crippen molar-refractivity contribution in [2.24, 2.45) is 5.92 Å². The largest absolute Gasteiger partial charge is 0.377 e. The van der Waals surface area contributed by atoms with Gasteiger partial charge >= 0.3 is 0 Å². The van der Waals surface area contributed by atoms with Crippen LogP contribution in [0.15, 0.2) is 45.9 Å². The van der Waals surface area contributed by atoms with E-state index in [9.17, 15) is 13.5 Å². The molecule has 1 unspecified atom stereocenters. The molecular weight excluding hydrogens is 482 g/mol. The molecule has 2 aliphatic rings. The van der Waals surface area contributed by atoms with E-state index in [4.69, 9.17) is 0 Å². The third-order valence-corrected chi connectivity index (χ3v) is 8.48. The van der Waals surface area contributed by atoms with E-state index in [-0.39, 0.29) is 11.4 Å². The van der Waals surface area contributed by atoms with Crippen LogP contribution in [0.3, 0.4) is 0 Å². The zero-order valence-corrected chi connectivity index (χ0v) is 20.0. The van der Waals surface area contributed by atoms with Crippen molar-refractivity contribution in [2.75, 3.05) is 44.2 Å². The molecule has 0 radical (unpaired) electrons. The molecule has 31 heavy (non-hydrogen) atoms. The Morgan fingerprint density at radius 2 is 1.81 bits per heavy atom. The lowest BCUT2D eigenvalue weighted by Gasteiger charge is -2.41. The number of aromatic nitrogens is 2. The minimum atomic E-state index is -3.60. The van der Waals surface area contributed by atoms with E-state index in [0.29, 0.717) is 19.0 Å². The van der Waals surface area contributed by atoms with Crippen LogP contribution in [0.2, 0.25) is 0 Å². The Labute approximate surface area is 192 Å². The highest BCUT2D eigenvalue weighted by Gasteiger charge is 2.34. The Kier molecular flexibility index (Phi) is 6.92. The molecule has 1 aromatic heterocycles. The van der Waals surface area contributed by atoms with Crippen molar-refractivity contribution >= 4 is 31.8 Å². The molecule has 0 amide bonds. The Morgan fingerprint density at radius 1 is 1.10 bits per heavy atom. The van der Waals surface area contributed by atoms with Crippen LogP contribution in [0.4, 0.5) is 5.82 Å². The highest BCUT2D eigenvalue weighted by atomic mass is 79.9. The number of benzene rings is 1. The molecule has 2 saturated heterocycles. The van der Waals surface area contributed by atoms with Gasteiger partial charge in [0, 0.05) is 43.4 Å². The van der Waals surface area contributed by atoms with E-state index >= 15 is 0 Å². The minimum Gasteiger partial charge on any atom is -0.377 e. The summed E-state index contributed by atoms with van der Waals surface area (Å²) in [5.74, 6) is 2.22. The van der Waals surface area contributed by atoms with Gasteiger partial charge in [-0.15, -0.1) is 0 Å². The first kappa shape index (κ1) is 22.6. The molecular formula is C21H28BrN5O3S. The van der Waals surface area contributed by atoms with Crippen LogP contribution in [0.1, 0.15) is 18.7 Å². The molecule has 0 bridgehead atoms. The summed E-state index contributed by atoms with van der Waals surface area (Å²) in [5.41, 5.74) is 0. The van der Waals surface area contributed by atoms with Gasteiger partial charge in [-0.2, -0.15) is 4.31 Å². The van der Waals surface area contributed by atoms with Gasteiger partial charge in [0.2, 0.25) is 10.0 Å². The molecule has 1 N–H and O–H groups in total. The summed E-state index contributed by atoms with van der Waals surface area (Å²) < 4.78 is 28.0. The van der Waals surface area contributed by atoms with Crippen LogP contribution in [0.5, 0.6) is 0 Å².